The van der Waals surface area contributed by atoms with Gasteiger partial charge in [0.25, 0.3) is 0 Å². The van der Waals surface area contributed by atoms with E-state index in [-0.39, 0.29) is 24.8 Å². The predicted molar refractivity (Wildman–Crippen MR) is 87.8 cm³/mol. The molecule has 0 aromatic heterocycles. The van der Waals surface area contributed by atoms with Gasteiger partial charge in [-0.1, -0.05) is 22.9 Å². The highest BCUT2D eigenvalue weighted by Gasteiger charge is 2.22. The molecule has 2 rings (SSSR count). The number of rotatable bonds is 3. The molecule has 0 unspecified atom stereocenters. The van der Waals surface area contributed by atoms with Gasteiger partial charge in [0.05, 0.1) is 0 Å². The standard InChI is InChI=1S/C13H19BrN2O.2ClH/c1-2-13(16-7-5-15-6-8-16)11-9-10(17)3-4-12(11)14;;/h3-4,9,13,15,17H,2,5-8H2,1H3;2*1H/t13-;;/m0../s1. The van der Waals surface area contributed by atoms with Crippen molar-refractivity contribution in [1.82, 2.24) is 10.2 Å². The van der Waals surface area contributed by atoms with Crippen LogP contribution in [0.1, 0.15) is 24.9 Å². The van der Waals surface area contributed by atoms with Crippen LogP contribution in [0, 0.1) is 0 Å². The predicted octanol–water partition coefficient (Wildman–Crippen LogP) is 3.35. The fraction of sp³-hybridized carbons (Fsp3) is 0.538. The van der Waals surface area contributed by atoms with Gasteiger partial charge in [0.15, 0.2) is 0 Å². The van der Waals surface area contributed by atoms with Crippen molar-refractivity contribution in [3.8, 4) is 5.75 Å². The number of nitrogens with zero attached hydrogens (tertiary/aromatic N) is 1. The lowest BCUT2D eigenvalue weighted by molar-refractivity contribution is 0.168. The average molecular weight is 372 g/mol. The van der Waals surface area contributed by atoms with Crippen molar-refractivity contribution in [2.45, 2.75) is 19.4 Å². The number of phenols is 1. The zero-order valence-corrected chi connectivity index (χ0v) is 14.2. The molecule has 2 N–H and O–H groups in total. The summed E-state index contributed by atoms with van der Waals surface area (Å²) in [6.45, 7) is 6.43. The van der Waals surface area contributed by atoms with Gasteiger partial charge >= 0.3 is 0 Å². The Morgan fingerprint density at radius 3 is 2.53 bits per heavy atom. The zero-order valence-electron chi connectivity index (χ0n) is 10.9. The van der Waals surface area contributed by atoms with E-state index in [2.05, 4.69) is 33.1 Å². The smallest absolute Gasteiger partial charge is 0.115 e. The van der Waals surface area contributed by atoms with Crippen LogP contribution in [-0.4, -0.2) is 36.2 Å². The number of hydrogen-bond acceptors (Lipinski definition) is 3. The molecule has 0 aliphatic carbocycles. The summed E-state index contributed by atoms with van der Waals surface area (Å²) >= 11 is 3.59. The molecule has 3 nitrogen and oxygen atoms in total. The quantitative estimate of drug-likeness (QED) is 0.855. The van der Waals surface area contributed by atoms with Gasteiger partial charge in [0, 0.05) is 36.7 Å². The number of aromatic hydroxyl groups is 1. The lowest BCUT2D eigenvalue weighted by Crippen LogP contribution is -2.45. The monoisotopic (exact) mass is 370 g/mol. The van der Waals surface area contributed by atoms with Crippen molar-refractivity contribution in [3.05, 3.63) is 28.2 Å². The minimum atomic E-state index is 0. The summed E-state index contributed by atoms with van der Waals surface area (Å²) in [6, 6.07) is 5.91. The Labute approximate surface area is 135 Å². The maximum atomic E-state index is 9.63. The summed E-state index contributed by atoms with van der Waals surface area (Å²) in [4.78, 5) is 2.48. The largest absolute Gasteiger partial charge is 0.508 e. The Morgan fingerprint density at radius 2 is 1.95 bits per heavy atom. The SMILES string of the molecule is CC[C@@H](c1cc(O)ccc1Br)N1CCNCC1.Cl.Cl. The summed E-state index contributed by atoms with van der Waals surface area (Å²) in [7, 11) is 0. The Bertz CT molecular complexity index is 387. The molecule has 0 radical (unpaired) electrons. The van der Waals surface area contributed by atoms with Crippen molar-refractivity contribution < 1.29 is 5.11 Å². The molecule has 0 spiro atoms. The molecule has 0 bridgehead atoms. The summed E-state index contributed by atoms with van der Waals surface area (Å²) < 4.78 is 1.08. The number of hydrogen-bond donors (Lipinski definition) is 2. The normalized spacial score (nSPS) is 17.2. The average Bonchev–Trinajstić information content (AvgIpc) is 2.36. The highest BCUT2D eigenvalue weighted by molar-refractivity contribution is 9.10. The Morgan fingerprint density at radius 1 is 1.32 bits per heavy atom. The molecule has 1 saturated heterocycles. The van der Waals surface area contributed by atoms with Crippen molar-refractivity contribution >= 4 is 40.7 Å². The first-order valence-corrected chi connectivity index (χ1v) is 6.95. The zero-order chi connectivity index (χ0) is 12.3. The highest BCUT2D eigenvalue weighted by atomic mass is 79.9. The highest BCUT2D eigenvalue weighted by Crippen LogP contribution is 2.32. The van der Waals surface area contributed by atoms with Crippen molar-refractivity contribution in [1.29, 1.82) is 0 Å². The Balaban J connectivity index is 0.00000162. The molecular weight excluding hydrogens is 351 g/mol. The van der Waals surface area contributed by atoms with Gasteiger partial charge in [0.1, 0.15) is 5.75 Å². The third-order valence-corrected chi connectivity index (χ3v) is 4.04. The fourth-order valence-corrected chi connectivity index (χ4v) is 2.97. The molecule has 1 atom stereocenters. The molecule has 1 aromatic carbocycles. The van der Waals surface area contributed by atoms with Crippen molar-refractivity contribution in [3.63, 3.8) is 0 Å². The maximum Gasteiger partial charge on any atom is 0.115 e. The minimum Gasteiger partial charge on any atom is -0.508 e. The van der Waals surface area contributed by atoms with E-state index in [0.29, 0.717) is 11.8 Å². The number of phenolic OH excluding ortho intramolecular Hbond substituents is 1. The topological polar surface area (TPSA) is 35.5 Å². The molecule has 6 heteroatoms. The molecule has 0 amide bonds. The first-order valence-electron chi connectivity index (χ1n) is 6.15. The van der Waals surface area contributed by atoms with Crippen LogP contribution in [0.3, 0.4) is 0 Å². The molecule has 1 aliphatic heterocycles. The molecule has 1 heterocycles. The van der Waals surface area contributed by atoms with Crippen LogP contribution in [-0.2, 0) is 0 Å². The minimum absolute atomic E-state index is 0. The molecule has 19 heavy (non-hydrogen) atoms. The van der Waals surface area contributed by atoms with Crippen LogP contribution in [0.15, 0.2) is 22.7 Å². The first-order chi connectivity index (χ1) is 8.22. The number of piperazine rings is 1. The van der Waals surface area contributed by atoms with E-state index in [4.69, 9.17) is 0 Å². The number of nitrogens with one attached hydrogen (secondary N) is 1. The molecule has 1 aromatic rings. The summed E-state index contributed by atoms with van der Waals surface area (Å²) in [5.74, 6) is 0.344. The molecule has 0 saturated carbocycles. The van der Waals surface area contributed by atoms with Gasteiger partial charge < -0.3 is 10.4 Å². The van der Waals surface area contributed by atoms with E-state index in [1.807, 2.05) is 12.1 Å². The third kappa shape index (κ3) is 4.80. The second-order valence-electron chi connectivity index (χ2n) is 4.42. The van der Waals surface area contributed by atoms with Crippen LogP contribution >= 0.6 is 40.7 Å². The summed E-state index contributed by atoms with van der Waals surface area (Å²) in [5.41, 5.74) is 1.19. The van der Waals surface area contributed by atoms with Crippen LogP contribution in [0.4, 0.5) is 0 Å². The van der Waals surface area contributed by atoms with E-state index in [1.165, 1.54) is 5.56 Å². The first kappa shape index (κ1) is 19.0. The lowest BCUT2D eigenvalue weighted by Gasteiger charge is -2.35. The van der Waals surface area contributed by atoms with Gasteiger partial charge in [-0.25, -0.2) is 0 Å². The maximum absolute atomic E-state index is 9.63. The lowest BCUT2D eigenvalue weighted by atomic mass is 10.0. The summed E-state index contributed by atoms with van der Waals surface area (Å²) in [6.07, 6.45) is 1.06. The van der Waals surface area contributed by atoms with Crippen molar-refractivity contribution in [2.24, 2.45) is 0 Å². The van der Waals surface area contributed by atoms with E-state index in [0.717, 1.165) is 37.1 Å². The van der Waals surface area contributed by atoms with E-state index >= 15 is 0 Å². The molecule has 110 valence electrons. The van der Waals surface area contributed by atoms with Crippen LogP contribution in [0.2, 0.25) is 0 Å². The molecular formula is C13H21BrCl2N2O. The second-order valence-corrected chi connectivity index (χ2v) is 5.27. The molecule has 1 aliphatic rings. The van der Waals surface area contributed by atoms with Gasteiger partial charge in [-0.3, -0.25) is 4.90 Å². The third-order valence-electron chi connectivity index (χ3n) is 3.32. The van der Waals surface area contributed by atoms with Gasteiger partial charge in [-0.05, 0) is 30.2 Å². The van der Waals surface area contributed by atoms with Crippen LogP contribution in [0.5, 0.6) is 5.75 Å². The Hall–Kier alpha value is -0.000000000000000222. The van der Waals surface area contributed by atoms with Gasteiger partial charge in [-0.15, -0.1) is 24.8 Å². The van der Waals surface area contributed by atoms with Crippen LogP contribution < -0.4 is 5.32 Å². The second kappa shape index (κ2) is 9.03. The number of halogens is 3. The molecule has 1 fully saturated rings. The fourth-order valence-electron chi connectivity index (χ4n) is 2.46. The Kier molecular flexibility index (Phi) is 9.03. The van der Waals surface area contributed by atoms with E-state index < -0.39 is 0 Å². The van der Waals surface area contributed by atoms with Gasteiger partial charge in [-0.2, -0.15) is 0 Å². The van der Waals surface area contributed by atoms with Crippen LogP contribution in [0.25, 0.3) is 0 Å². The summed E-state index contributed by atoms with van der Waals surface area (Å²) in [5, 5.41) is 13.0. The van der Waals surface area contributed by atoms with Crippen molar-refractivity contribution in [2.75, 3.05) is 26.2 Å². The van der Waals surface area contributed by atoms with E-state index in [1.54, 1.807) is 6.07 Å². The number of benzene rings is 1. The van der Waals surface area contributed by atoms with E-state index in [9.17, 15) is 5.11 Å². The van der Waals surface area contributed by atoms with Gasteiger partial charge in [0.2, 0.25) is 0 Å².